The van der Waals surface area contributed by atoms with Gasteiger partial charge in [-0.25, -0.2) is 0 Å². The van der Waals surface area contributed by atoms with Crippen LogP contribution in [-0.2, 0) is 9.53 Å². The van der Waals surface area contributed by atoms with E-state index in [2.05, 4.69) is 10.3 Å². The minimum Gasteiger partial charge on any atom is -0.356 e. The first-order valence-corrected chi connectivity index (χ1v) is 10.4. The molecule has 0 saturated carbocycles. The average molecular weight is 414 g/mol. The van der Waals surface area contributed by atoms with Crippen molar-refractivity contribution in [1.82, 2.24) is 10.3 Å². The molecule has 0 aliphatic carbocycles. The Hall–Kier alpha value is -3.49. The maximum Gasteiger partial charge on any atom is 0.250 e. The molecule has 0 bridgehead atoms. The van der Waals surface area contributed by atoms with Crippen molar-refractivity contribution >= 4 is 5.91 Å². The molecule has 5 nitrogen and oxygen atoms in total. The van der Waals surface area contributed by atoms with Crippen LogP contribution in [0.1, 0.15) is 37.5 Å². The molecular formula is C26H27N3O2. The van der Waals surface area contributed by atoms with E-state index in [0.717, 1.165) is 22.3 Å². The summed E-state index contributed by atoms with van der Waals surface area (Å²) in [7, 11) is 0. The summed E-state index contributed by atoms with van der Waals surface area (Å²) < 4.78 is 6.40. The van der Waals surface area contributed by atoms with Crippen molar-refractivity contribution in [3.05, 3.63) is 90.3 Å². The molecule has 0 fully saturated rings. The molecule has 0 saturated heterocycles. The first kappa shape index (κ1) is 22.2. The van der Waals surface area contributed by atoms with Gasteiger partial charge in [-0.1, -0.05) is 74.5 Å². The summed E-state index contributed by atoms with van der Waals surface area (Å²) in [6.45, 7) is 4.06. The molecule has 2 aromatic carbocycles. The van der Waals surface area contributed by atoms with Crippen LogP contribution in [0.5, 0.6) is 0 Å². The zero-order chi connectivity index (χ0) is 22.1. The van der Waals surface area contributed by atoms with Crippen LogP contribution < -0.4 is 5.32 Å². The van der Waals surface area contributed by atoms with Crippen LogP contribution in [0.25, 0.3) is 11.1 Å². The van der Waals surface area contributed by atoms with E-state index in [0.29, 0.717) is 6.42 Å². The Morgan fingerprint density at radius 1 is 1.00 bits per heavy atom. The lowest BCUT2D eigenvalue weighted by Gasteiger charge is -2.26. The van der Waals surface area contributed by atoms with Gasteiger partial charge in [0.15, 0.2) is 0 Å². The third-order valence-corrected chi connectivity index (χ3v) is 4.93. The van der Waals surface area contributed by atoms with Gasteiger partial charge in [0.05, 0.1) is 6.07 Å². The third-order valence-electron chi connectivity index (χ3n) is 4.93. The number of amides is 1. The number of aromatic nitrogens is 1. The molecule has 0 radical (unpaired) electrons. The minimum absolute atomic E-state index is 0.0351. The van der Waals surface area contributed by atoms with E-state index in [9.17, 15) is 4.79 Å². The van der Waals surface area contributed by atoms with E-state index >= 15 is 0 Å². The number of nitrogens with one attached hydrogen (secondary N) is 1. The van der Waals surface area contributed by atoms with Crippen LogP contribution in [0.15, 0.2) is 79.1 Å². The lowest BCUT2D eigenvalue weighted by atomic mass is 9.97. The molecule has 0 spiro atoms. The highest BCUT2D eigenvalue weighted by molar-refractivity contribution is 5.81. The van der Waals surface area contributed by atoms with Crippen molar-refractivity contribution in [2.24, 2.45) is 5.92 Å². The number of rotatable bonds is 9. The van der Waals surface area contributed by atoms with Crippen LogP contribution in [0.4, 0.5) is 0 Å². The molecule has 0 aliphatic heterocycles. The summed E-state index contributed by atoms with van der Waals surface area (Å²) in [5.41, 5.74) is 4.04. The van der Waals surface area contributed by atoms with E-state index in [1.807, 2.05) is 92.8 Å². The van der Waals surface area contributed by atoms with Crippen LogP contribution in [0.2, 0.25) is 0 Å². The SMILES string of the molecule is CC(C)CC(OC(c1ccccc1)c1ccc(-c2cccnc2)cc1)C(=O)NCC#N. The van der Waals surface area contributed by atoms with Gasteiger partial charge >= 0.3 is 0 Å². The first-order chi connectivity index (χ1) is 15.1. The number of ether oxygens (including phenoxy) is 1. The van der Waals surface area contributed by atoms with Crippen LogP contribution >= 0.6 is 0 Å². The average Bonchev–Trinajstić information content (AvgIpc) is 2.81. The minimum atomic E-state index is -0.656. The van der Waals surface area contributed by atoms with Crippen molar-refractivity contribution in [2.45, 2.75) is 32.5 Å². The summed E-state index contributed by atoms with van der Waals surface area (Å²) >= 11 is 0. The smallest absolute Gasteiger partial charge is 0.250 e. The molecule has 158 valence electrons. The monoisotopic (exact) mass is 413 g/mol. The Bertz CT molecular complexity index is 996. The molecule has 1 heterocycles. The van der Waals surface area contributed by atoms with Gasteiger partial charge in [-0.2, -0.15) is 5.26 Å². The number of nitrogens with zero attached hydrogens (tertiary/aromatic N) is 2. The van der Waals surface area contributed by atoms with Gasteiger partial charge in [-0.15, -0.1) is 0 Å². The number of hydrogen-bond donors (Lipinski definition) is 1. The molecule has 0 aliphatic rings. The predicted molar refractivity (Wildman–Crippen MR) is 121 cm³/mol. The van der Waals surface area contributed by atoms with Gasteiger partial charge in [0.25, 0.3) is 0 Å². The highest BCUT2D eigenvalue weighted by Crippen LogP contribution is 2.30. The van der Waals surface area contributed by atoms with E-state index in [1.54, 1.807) is 6.20 Å². The largest absolute Gasteiger partial charge is 0.356 e. The predicted octanol–water partition coefficient (Wildman–Crippen LogP) is 4.91. The van der Waals surface area contributed by atoms with Crippen LogP contribution in [-0.4, -0.2) is 23.5 Å². The molecule has 31 heavy (non-hydrogen) atoms. The van der Waals surface area contributed by atoms with Crippen molar-refractivity contribution in [3.63, 3.8) is 0 Å². The number of hydrogen-bond acceptors (Lipinski definition) is 4. The molecular weight excluding hydrogens is 386 g/mol. The molecule has 3 aromatic rings. The maximum absolute atomic E-state index is 12.7. The Kier molecular flexibility index (Phi) is 7.91. The Morgan fingerprint density at radius 3 is 2.32 bits per heavy atom. The quantitative estimate of drug-likeness (QED) is 0.506. The van der Waals surface area contributed by atoms with Crippen LogP contribution in [0, 0.1) is 17.2 Å². The fourth-order valence-corrected chi connectivity index (χ4v) is 3.42. The molecule has 2 atom stereocenters. The fourth-order valence-electron chi connectivity index (χ4n) is 3.42. The second-order valence-electron chi connectivity index (χ2n) is 7.78. The van der Waals surface area contributed by atoms with E-state index < -0.39 is 12.2 Å². The topological polar surface area (TPSA) is 75.0 Å². The normalized spacial score (nSPS) is 12.7. The van der Waals surface area contributed by atoms with E-state index in [-0.39, 0.29) is 18.4 Å². The second kappa shape index (κ2) is 11.1. The highest BCUT2D eigenvalue weighted by atomic mass is 16.5. The molecule has 5 heteroatoms. The second-order valence-corrected chi connectivity index (χ2v) is 7.78. The molecule has 1 N–H and O–H groups in total. The van der Waals surface area contributed by atoms with Gasteiger partial charge in [0.2, 0.25) is 5.91 Å². The Balaban J connectivity index is 1.91. The van der Waals surface area contributed by atoms with Crippen molar-refractivity contribution in [1.29, 1.82) is 5.26 Å². The third kappa shape index (κ3) is 6.24. The van der Waals surface area contributed by atoms with Crippen molar-refractivity contribution in [3.8, 4) is 17.2 Å². The zero-order valence-corrected chi connectivity index (χ0v) is 17.9. The maximum atomic E-state index is 12.7. The van der Waals surface area contributed by atoms with Gasteiger partial charge in [-0.3, -0.25) is 9.78 Å². The number of carbonyl (C=O) groups is 1. The van der Waals surface area contributed by atoms with Gasteiger partial charge in [0, 0.05) is 12.4 Å². The van der Waals surface area contributed by atoms with E-state index in [1.165, 1.54) is 0 Å². The first-order valence-electron chi connectivity index (χ1n) is 10.4. The van der Waals surface area contributed by atoms with E-state index in [4.69, 9.17) is 10.00 Å². The fraction of sp³-hybridized carbons (Fsp3) is 0.269. The number of pyridine rings is 1. The molecule has 1 aromatic heterocycles. The zero-order valence-electron chi connectivity index (χ0n) is 17.9. The molecule has 2 unspecified atom stereocenters. The lowest BCUT2D eigenvalue weighted by Crippen LogP contribution is -2.38. The molecule has 3 rings (SSSR count). The molecule has 1 amide bonds. The highest BCUT2D eigenvalue weighted by Gasteiger charge is 2.26. The van der Waals surface area contributed by atoms with Crippen molar-refractivity contribution in [2.75, 3.05) is 6.54 Å². The standard InChI is InChI=1S/C26H27N3O2/c1-19(2)17-24(26(30)29-16-14-27)31-25(21-7-4-3-5-8-21)22-12-10-20(11-13-22)23-9-6-15-28-18-23/h3-13,15,18-19,24-25H,16-17H2,1-2H3,(H,29,30). The Morgan fingerprint density at radius 2 is 1.71 bits per heavy atom. The number of carbonyl (C=O) groups excluding carboxylic acids is 1. The van der Waals surface area contributed by atoms with Gasteiger partial charge in [0.1, 0.15) is 18.8 Å². The van der Waals surface area contributed by atoms with Gasteiger partial charge in [-0.05, 0) is 40.7 Å². The Labute approximate surface area is 183 Å². The van der Waals surface area contributed by atoms with Gasteiger partial charge < -0.3 is 10.1 Å². The summed E-state index contributed by atoms with van der Waals surface area (Å²) in [5, 5.41) is 11.5. The lowest BCUT2D eigenvalue weighted by molar-refractivity contribution is -0.136. The summed E-state index contributed by atoms with van der Waals surface area (Å²) in [5.74, 6) is 0.00498. The number of benzene rings is 2. The van der Waals surface area contributed by atoms with Crippen LogP contribution in [0.3, 0.4) is 0 Å². The number of nitriles is 1. The summed E-state index contributed by atoms with van der Waals surface area (Å²) in [4.78, 5) is 16.9. The summed E-state index contributed by atoms with van der Waals surface area (Å²) in [6.07, 6.45) is 3.09. The van der Waals surface area contributed by atoms with Crippen molar-refractivity contribution < 1.29 is 9.53 Å². The summed E-state index contributed by atoms with van der Waals surface area (Å²) in [6, 6.07) is 23.9.